The Kier molecular flexibility index (Phi) is 4.80. The Labute approximate surface area is 113 Å². The number of hydrogen-bond donors (Lipinski definition) is 1. The molecule has 0 bridgehead atoms. The number of aromatic nitrogens is 1. The average molecular weight is 270 g/mol. The average Bonchev–Trinajstić information content (AvgIpc) is 2.37. The summed E-state index contributed by atoms with van der Waals surface area (Å²) in [4.78, 5) is 6.65. The van der Waals surface area contributed by atoms with Gasteiger partial charge in [-0.2, -0.15) is 0 Å². The lowest BCUT2D eigenvalue weighted by Crippen LogP contribution is -2.37. The quantitative estimate of drug-likeness (QED) is 0.908. The number of ether oxygens (including phenoxy) is 1. The van der Waals surface area contributed by atoms with E-state index in [1.54, 1.807) is 0 Å². The monoisotopic (exact) mass is 269 g/mol. The summed E-state index contributed by atoms with van der Waals surface area (Å²) in [5, 5.41) is 4.08. The first-order valence-corrected chi connectivity index (χ1v) is 6.75. The predicted molar refractivity (Wildman–Crippen MR) is 74.3 cm³/mol. The van der Waals surface area contributed by atoms with Crippen molar-refractivity contribution in [2.45, 2.75) is 26.4 Å². The molecule has 2 heterocycles. The van der Waals surface area contributed by atoms with Crippen LogP contribution in [0.15, 0.2) is 12.3 Å². The number of anilines is 1. The van der Waals surface area contributed by atoms with E-state index < -0.39 is 0 Å². The minimum atomic E-state index is 0.461. The number of pyridine rings is 1. The summed E-state index contributed by atoms with van der Waals surface area (Å²) >= 11 is 6.31. The van der Waals surface area contributed by atoms with Gasteiger partial charge in [0.05, 0.1) is 18.2 Å². The van der Waals surface area contributed by atoms with Gasteiger partial charge in [-0.15, -0.1) is 0 Å². The molecule has 100 valence electrons. The molecule has 1 N–H and O–H groups in total. The Bertz CT molecular complexity index is 392. The van der Waals surface area contributed by atoms with Crippen LogP contribution in [0.4, 0.5) is 5.82 Å². The van der Waals surface area contributed by atoms with Crippen LogP contribution in [0.1, 0.15) is 19.4 Å². The van der Waals surface area contributed by atoms with E-state index in [4.69, 9.17) is 16.3 Å². The molecule has 0 atom stereocenters. The number of nitrogens with one attached hydrogen (secondary N) is 1. The van der Waals surface area contributed by atoms with E-state index >= 15 is 0 Å². The molecule has 0 unspecified atom stereocenters. The van der Waals surface area contributed by atoms with Crippen molar-refractivity contribution in [2.75, 3.05) is 31.2 Å². The van der Waals surface area contributed by atoms with Crippen LogP contribution in [0.3, 0.4) is 0 Å². The van der Waals surface area contributed by atoms with Gasteiger partial charge in [-0.3, -0.25) is 0 Å². The molecule has 1 aromatic heterocycles. The highest BCUT2D eigenvalue weighted by Crippen LogP contribution is 2.24. The standard InChI is InChI=1S/C13H20ClN3O/c1-10(2)15-8-11-7-12(14)13(16-9-11)17-3-5-18-6-4-17/h7,9-10,15H,3-6,8H2,1-2H3. The highest BCUT2D eigenvalue weighted by molar-refractivity contribution is 6.33. The molecule has 1 saturated heterocycles. The molecule has 0 aliphatic carbocycles. The lowest BCUT2D eigenvalue weighted by Gasteiger charge is -2.28. The summed E-state index contributed by atoms with van der Waals surface area (Å²) in [6, 6.07) is 2.46. The molecule has 5 heteroatoms. The third kappa shape index (κ3) is 3.57. The highest BCUT2D eigenvalue weighted by atomic mass is 35.5. The van der Waals surface area contributed by atoms with E-state index in [0.717, 1.165) is 49.3 Å². The van der Waals surface area contributed by atoms with Crippen molar-refractivity contribution < 1.29 is 4.74 Å². The van der Waals surface area contributed by atoms with E-state index in [1.807, 2.05) is 12.3 Å². The summed E-state index contributed by atoms with van der Waals surface area (Å²) in [5.41, 5.74) is 1.12. The zero-order valence-electron chi connectivity index (χ0n) is 10.9. The van der Waals surface area contributed by atoms with Gasteiger partial charge in [-0.05, 0) is 11.6 Å². The lowest BCUT2D eigenvalue weighted by atomic mass is 10.2. The predicted octanol–water partition coefficient (Wildman–Crippen LogP) is 2.07. The molecule has 2 rings (SSSR count). The maximum atomic E-state index is 6.31. The fraction of sp³-hybridized carbons (Fsp3) is 0.615. The van der Waals surface area contributed by atoms with E-state index in [-0.39, 0.29) is 0 Å². The minimum absolute atomic E-state index is 0.461. The normalized spacial score (nSPS) is 16.3. The topological polar surface area (TPSA) is 37.4 Å². The molecular formula is C13H20ClN3O. The molecule has 0 saturated carbocycles. The van der Waals surface area contributed by atoms with Crippen LogP contribution >= 0.6 is 11.6 Å². The molecule has 0 spiro atoms. The van der Waals surface area contributed by atoms with Crippen LogP contribution in [0.2, 0.25) is 5.02 Å². The van der Waals surface area contributed by atoms with Crippen LogP contribution in [-0.4, -0.2) is 37.3 Å². The number of rotatable bonds is 4. The van der Waals surface area contributed by atoms with Crippen molar-refractivity contribution in [3.63, 3.8) is 0 Å². The van der Waals surface area contributed by atoms with Crippen LogP contribution in [0, 0.1) is 0 Å². The first kappa shape index (κ1) is 13.6. The van der Waals surface area contributed by atoms with Gasteiger partial charge in [0.2, 0.25) is 0 Å². The Morgan fingerprint density at radius 1 is 1.44 bits per heavy atom. The van der Waals surface area contributed by atoms with Gasteiger partial charge in [0.1, 0.15) is 5.82 Å². The second kappa shape index (κ2) is 6.36. The largest absolute Gasteiger partial charge is 0.378 e. The van der Waals surface area contributed by atoms with E-state index in [9.17, 15) is 0 Å². The third-order valence-electron chi connectivity index (χ3n) is 2.90. The van der Waals surface area contributed by atoms with Gasteiger partial charge in [0, 0.05) is 31.9 Å². The lowest BCUT2D eigenvalue weighted by molar-refractivity contribution is 0.122. The Morgan fingerprint density at radius 3 is 2.78 bits per heavy atom. The Morgan fingerprint density at radius 2 is 2.17 bits per heavy atom. The Hall–Kier alpha value is -0.840. The van der Waals surface area contributed by atoms with Crippen molar-refractivity contribution in [3.05, 3.63) is 22.8 Å². The number of hydrogen-bond acceptors (Lipinski definition) is 4. The Balaban J connectivity index is 2.04. The first-order chi connectivity index (χ1) is 8.66. The van der Waals surface area contributed by atoms with E-state index in [1.165, 1.54) is 0 Å². The molecule has 1 aromatic rings. The van der Waals surface area contributed by atoms with E-state index in [0.29, 0.717) is 6.04 Å². The molecule has 1 fully saturated rings. The second-order valence-electron chi connectivity index (χ2n) is 4.78. The SMILES string of the molecule is CC(C)NCc1cnc(N2CCOCC2)c(Cl)c1. The zero-order valence-corrected chi connectivity index (χ0v) is 11.7. The van der Waals surface area contributed by atoms with Gasteiger partial charge in [-0.25, -0.2) is 4.98 Å². The molecule has 0 radical (unpaired) electrons. The second-order valence-corrected chi connectivity index (χ2v) is 5.19. The van der Waals surface area contributed by atoms with Crippen molar-refractivity contribution in [1.29, 1.82) is 0 Å². The highest BCUT2D eigenvalue weighted by Gasteiger charge is 2.15. The summed E-state index contributed by atoms with van der Waals surface area (Å²) in [6.45, 7) is 8.25. The maximum absolute atomic E-state index is 6.31. The number of nitrogens with zero attached hydrogens (tertiary/aromatic N) is 2. The summed E-state index contributed by atoms with van der Waals surface area (Å²) in [6.07, 6.45) is 1.89. The van der Waals surface area contributed by atoms with Crippen LogP contribution in [-0.2, 0) is 11.3 Å². The maximum Gasteiger partial charge on any atom is 0.147 e. The smallest absolute Gasteiger partial charge is 0.147 e. The van der Waals surface area contributed by atoms with Crippen LogP contribution in [0.5, 0.6) is 0 Å². The van der Waals surface area contributed by atoms with Gasteiger partial charge in [-0.1, -0.05) is 25.4 Å². The van der Waals surface area contributed by atoms with Gasteiger partial charge < -0.3 is 15.0 Å². The molecule has 0 amide bonds. The molecular weight excluding hydrogens is 250 g/mol. The zero-order chi connectivity index (χ0) is 13.0. The van der Waals surface area contributed by atoms with Gasteiger partial charge >= 0.3 is 0 Å². The number of halogens is 1. The minimum Gasteiger partial charge on any atom is -0.378 e. The number of morpholine rings is 1. The van der Waals surface area contributed by atoms with Crippen molar-refractivity contribution in [3.8, 4) is 0 Å². The summed E-state index contributed by atoms with van der Waals surface area (Å²) in [7, 11) is 0. The van der Waals surface area contributed by atoms with Crippen molar-refractivity contribution in [2.24, 2.45) is 0 Å². The fourth-order valence-corrected chi connectivity index (χ4v) is 2.21. The molecule has 0 aromatic carbocycles. The molecule has 18 heavy (non-hydrogen) atoms. The van der Waals surface area contributed by atoms with Crippen LogP contribution in [0.25, 0.3) is 0 Å². The molecule has 1 aliphatic rings. The van der Waals surface area contributed by atoms with Gasteiger partial charge in [0.25, 0.3) is 0 Å². The fourth-order valence-electron chi connectivity index (χ4n) is 1.90. The van der Waals surface area contributed by atoms with Crippen molar-refractivity contribution in [1.82, 2.24) is 10.3 Å². The first-order valence-electron chi connectivity index (χ1n) is 6.37. The van der Waals surface area contributed by atoms with Crippen LogP contribution < -0.4 is 10.2 Å². The summed E-state index contributed by atoms with van der Waals surface area (Å²) < 4.78 is 5.33. The van der Waals surface area contributed by atoms with Crippen molar-refractivity contribution >= 4 is 17.4 Å². The third-order valence-corrected chi connectivity index (χ3v) is 3.18. The van der Waals surface area contributed by atoms with Gasteiger partial charge in [0.15, 0.2) is 0 Å². The summed E-state index contributed by atoms with van der Waals surface area (Å²) in [5.74, 6) is 0.869. The van der Waals surface area contributed by atoms with E-state index in [2.05, 4.69) is 29.0 Å². The molecule has 4 nitrogen and oxygen atoms in total. The molecule has 1 aliphatic heterocycles.